The SMILES string of the molecule is CCCC(O)[C@H](O)CNC(=O)OCc1ccccc1. The van der Waals surface area contributed by atoms with Crippen molar-refractivity contribution < 1.29 is 19.7 Å². The van der Waals surface area contributed by atoms with Gasteiger partial charge >= 0.3 is 6.09 Å². The van der Waals surface area contributed by atoms with Crippen molar-refractivity contribution in [3.05, 3.63) is 35.9 Å². The lowest BCUT2D eigenvalue weighted by molar-refractivity contribution is 0.0144. The number of nitrogens with one attached hydrogen (secondary N) is 1. The van der Waals surface area contributed by atoms with E-state index in [1.165, 1.54) is 0 Å². The van der Waals surface area contributed by atoms with Gasteiger partial charge in [0.15, 0.2) is 0 Å². The van der Waals surface area contributed by atoms with E-state index >= 15 is 0 Å². The van der Waals surface area contributed by atoms with Crippen LogP contribution in [-0.2, 0) is 11.3 Å². The lowest BCUT2D eigenvalue weighted by atomic mass is 10.1. The zero-order valence-electron chi connectivity index (χ0n) is 11.1. The van der Waals surface area contributed by atoms with Gasteiger partial charge in [-0.05, 0) is 12.0 Å². The number of benzene rings is 1. The van der Waals surface area contributed by atoms with Gasteiger partial charge in [0.1, 0.15) is 6.61 Å². The summed E-state index contributed by atoms with van der Waals surface area (Å²) < 4.78 is 4.98. The Kier molecular flexibility index (Phi) is 6.92. The molecule has 1 amide bonds. The number of carbonyl (C=O) groups is 1. The number of rotatable bonds is 7. The van der Waals surface area contributed by atoms with Crippen LogP contribution in [0.4, 0.5) is 4.79 Å². The topological polar surface area (TPSA) is 78.8 Å². The Hall–Kier alpha value is -1.59. The molecule has 1 rings (SSSR count). The Bertz CT molecular complexity index is 369. The first-order chi connectivity index (χ1) is 9.13. The Balaban J connectivity index is 2.21. The van der Waals surface area contributed by atoms with Gasteiger partial charge in [-0.15, -0.1) is 0 Å². The highest BCUT2D eigenvalue weighted by Gasteiger charge is 2.16. The van der Waals surface area contributed by atoms with E-state index < -0.39 is 18.3 Å². The zero-order valence-corrected chi connectivity index (χ0v) is 11.1. The van der Waals surface area contributed by atoms with Gasteiger partial charge in [-0.25, -0.2) is 4.79 Å². The second-order valence-corrected chi connectivity index (χ2v) is 4.37. The molecule has 19 heavy (non-hydrogen) atoms. The largest absolute Gasteiger partial charge is 0.445 e. The highest BCUT2D eigenvalue weighted by atomic mass is 16.5. The molecule has 1 unspecified atom stereocenters. The van der Waals surface area contributed by atoms with Gasteiger partial charge in [-0.1, -0.05) is 43.7 Å². The molecule has 2 atom stereocenters. The first kappa shape index (κ1) is 15.5. The van der Waals surface area contributed by atoms with Crippen LogP contribution < -0.4 is 5.32 Å². The van der Waals surface area contributed by atoms with Crippen molar-refractivity contribution in [1.82, 2.24) is 5.32 Å². The third kappa shape index (κ3) is 6.22. The molecule has 0 saturated carbocycles. The second kappa shape index (κ2) is 8.50. The van der Waals surface area contributed by atoms with Gasteiger partial charge in [-0.3, -0.25) is 0 Å². The Labute approximate surface area is 113 Å². The van der Waals surface area contributed by atoms with Crippen LogP contribution in [0.15, 0.2) is 30.3 Å². The number of aliphatic hydroxyl groups is 2. The third-order valence-electron chi connectivity index (χ3n) is 2.70. The highest BCUT2D eigenvalue weighted by molar-refractivity contribution is 5.67. The molecule has 1 aromatic rings. The minimum atomic E-state index is -0.968. The van der Waals surface area contributed by atoms with Gasteiger partial charge < -0.3 is 20.3 Å². The molecule has 106 valence electrons. The molecule has 3 N–H and O–H groups in total. The Morgan fingerprint density at radius 1 is 1.26 bits per heavy atom. The van der Waals surface area contributed by atoms with Crippen LogP contribution in [0.25, 0.3) is 0 Å². The average molecular weight is 267 g/mol. The zero-order chi connectivity index (χ0) is 14.1. The van der Waals surface area contributed by atoms with E-state index in [1.54, 1.807) is 0 Å². The maximum absolute atomic E-state index is 11.4. The summed E-state index contributed by atoms with van der Waals surface area (Å²) in [5.74, 6) is 0. The second-order valence-electron chi connectivity index (χ2n) is 4.37. The molecule has 5 nitrogen and oxygen atoms in total. The van der Waals surface area contributed by atoms with Crippen LogP contribution in [0.3, 0.4) is 0 Å². The molecular weight excluding hydrogens is 246 g/mol. The molecule has 0 aliphatic heterocycles. The molecule has 1 aromatic carbocycles. The fraction of sp³-hybridized carbons (Fsp3) is 0.500. The molecular formula is C14H21NO4. The van der Waals surface area contributed by atoms with E-state index in [0.29, 0.717) is 6.42 Å². The van der Waals surface area contributed by atoms with E-state index in [4.69, 9.17) is 4.74 Å². The fourth-order valence-electron chi connectivity index (χ4n) is 1.59. The Morgan fingerprint density at radius 2 is 1.95 bits per heavy atom. The molecule has 0 saturated heterocycles. The number of amides is 1. The maximum Gasteiger partial charge on any atom is 0.407 e. The fourth-order valence-corrected chi connectivity index (χ4v) is 1.59. The summed E-state index contributed by atoms with van der Waals surface area (Å²) in [6.45, 7) is 2.08. The smallest absolute Gasteiger partial charge is 0.407 e. The van der Waals surface area contributed by atoms with Crippen LogP contribution in [0.1, 0.15) is 25.3 Å². The summed E-state index contributed by atoms with van der Waals surface area (Å²) in [7, 11) is 0. The van der Waals surface area contributed by atoms with Crippen molar-refractivity contribution in [3.8, 4) is 0 Å². The Morgan fingerprint density at radius 3 is 2.58 bits per heavy atom. The number of ether oxygens (including phenoxy) is 1. The predicted octanol–water partition coefficient (Wildman–Crippen LogP) is 1.43. The minimum Gasteiger partial charge on any atom is -0.445 e. The molecule has 0 heterocycles. The monoisotopic (exact) mass is 267 g/mol. The van der Waals surface area contributed by atoms with Gasteiger partial charge in [0.05, 0.1) is 12.2 Å². The van der Waals surface area contributed by atoms with E-state index in [-0.39, 0.29) is 13.2 Å². The van der Waals surface area contributed by atoms with Crippen LogP contribution in [0, 0.1) is 0 Å². The van der Waals surface area contributed by atoms with E-state index in [1.807, 2.05) is 37.3 Å². The summed E-state index contributed by atoms with van der Waals surface area (Å²) in [5, 5.41) is 21.5. The number of hydrogen-bond donors (Lipinski definition) is 3. The van der Waals surface area contributed by atoms with Crippen LogP contribution in [-0.4, -0.2) is 35.1 Å². The van der Waals surface area contributed by atoms with Crippen molar-refractivity contribution in [1.29, 1.82) is 0 Å². The average Bonchev–Trinajstić information content (AvgIpc) is 2.43. The summed E-state index contributed by atoms with van der Waals surface area (Å²) in [5.41, 5.74) is 0.893. The summed E-state index contributed by atoms with van der Waals surface area (Å²) in [4.78, 5) is 11.4. The molecule has 0 bridgehead atoms. The van der Waals surface area contributed by atoms with E-state index in [2.05, 4.69) is 5.32 Å². The molecule has 0 aromatic heterocycles. The van der Waals surface area contributed by atoms with E-state index in [0.717, 1.165) is 12.0 Å². The van der Waals surface area contributed by atoms with Crippen molar-refractivity contribution in [2.75, 3.05) is 6.54 Å². The molecule has 0 spiro atoms. The normalized spacial score (nSPS) is 13.6. The highest BCUT2D eigenvalue weighted by Crippen LogP contribution is 2.02. The van der Waals surface area contributed by atoms with Gasteiger partial charge in [0.25, 0.3) is 0 Å². The number of aliphatic hydroxyl groups excluding tert-OH is 2. The first-order valence-corrected chi connectivity index (χ1v) is 6.44. The molecule has 5 heteroatoms. The van der Waals surface area contributed by atoms with Gasteiger partial charge in [0.2, 0.25) is 0 Å². The number of hydrogen-bond acceptors (Lipinski definition) is 4. The molecule has 0 aliphatic carbocycles. The summed E-state index contributed by atoms with van der Waals surface area (Å²) >= 11 is 0. The lowest BCUT2D eigenvalue weighted by Crippen LogP contribution is -2.39. The quantitative estimate of drug-likeness (QED) is 0.698. The van der Waals surface area contributed by atoms with Crippen molar-refractivity contribution >= 4 is 6.09 Å². The van der Waals surface area contributed by atoms with Crippen LogP contribution in [0.2, 0.25) is 0 Å². The van der Waals surface area contributed by atoms with Gasteiger partial charge in [-0.2, -0.15) is 0 Å². The number of alkyl carbamates (subject to hydrolysis) is 1. The van der Waals surface area contributed by atoms with Gasteiger partial charge in [0, 0.05) is 6.54 Å². The third-order valence-corrected chi connectivity index (χ3v) is 2.70. The molecule has 0 fully saturated rings. The standard InChI is InChI=1S/C14H21NO4/c1-2-6-12(16)13(17)9-15-14(18)19-10-11-7-4-3-5-8-11/h3-5,7-8,12-13,16-17H,2,6,9-10H2,1H3,(H,15,18)/t12?,13-/m1/s1. The predicted molar refractivity (Wildman–Crippen MR) is 71.6 cm³/mol. The lowest BCUT2D eigenvalue weighted by Gasteiger charge is -2.17. The minimum absolute atomic E-state index is 0.0191. The first-order valence-electron chi connectivity index (χ1n) is 6.44. The van der Waals surface area contributed by atoms with Crippen LogP contribution in [0.5, 0.6) is 0 Å². The summed E-state index contributed by atoms with van der Waals surface area (Å²) in [6, 6.07) is 9.32. The molecule has 0 radical (unpaired) electrons. The van der Waals surface area contributed by atoms with Crippen LogP contribution >= 0.6 is 0 Å². The van der Waals surface area contributed by atoms with Crippen molar-refractivity contribution in [3.63, 3.8) is 0 Å². The van der Waals surface area contributed by atoms with E-state index in [9.17, 15) is 15.0 Å². The summed E-state index contributed by atoms with van der Waals surface area (Å²) in [6.07, 6.45) is -1.12. The van der Waals surface area contributed by atoms with Crippen molar-refractivity contribution in [2.45, 2.75) is 38.6 Å². The number of carbonyl (C=O) groups excluding carboxylic acids is 1. The molecule has 0 aliphatic rings. The van der Waals surface area contributed by atoms with Crippen molar-refractivity contribution in [2.24, 2.45) is 0 Å². The maximum atomic E-state index is 11.4.